The van der Waals surface area contributed by atoms with Crippen LogP contribution in [0.2, 0.25) is 5.02 Å². The second-order valence-corrected chi connectivity index (χ2v) is 21.5. The highest BCUT2D eigenvalue weighted by molar-refractivity contribution is 6.30. The van der Waals surface area contributed by atoms with Crippen molar-refractivity contribution in [3.8, 4) is 17.2 Å². The van der Waals surface area contributed by atoms with E-state index in [9.17, 15) is 43.9 Å². The smallest absolute Gasteiger partial charge is 0.416 e. The zero-order valence-corrected chi connectivity index (χ0v) is 55.0. The molecule has 12 N–H and O–H groups in total. The maximum atomic E-state index is 12.7. The first-order valence-corrected chi connectivity index (χ1v) is 31.4. The summed E-state index contributed by atoms with van der Waals surface area (Å²) in [5, 5.41) is 0.717. The molecule has 20 heteroatoms. The van der Waals surface area contributed by atoms with Crippen molar-refractivity contribution >= 4 is 11.6 Å². The minimum atomic E-state index is -4.32. The van der Waals surface area contributed by atoms with E-state index in [0.717, 1.165) is 102 Å². The van der Waals surface area contributed by atoms with Gasteiger partial charge in [0.05, 0.1) is 63.9 Å². The summed E-state index contributed by atoms with van der Waals surface area (Å²) in [6, 6.07) is 42.3. The topological polar surface area (TPSA) is 184 Å². The second kappa shape index (κ2) is 64.9. The zero-order chi connectivity index (χ0) is 69.8. The van der Waals surface area contributed by atoms with Crippen LogP contribution in [-0.2, 0) is 44.7 Å². The molecule has 0 aliphatic carbocycles. The van der Waals surface area contributed by atoms with E-state index in [2.05, 4.69) is 6.92 Å². The summed E-state index contributed by atoms with van der Waals surface area (Å²) in [7, 11) is 1.63. The normalized spacial score (nSPS) is 11.2. The number of nitrogens with two attached hydrogens (primary N) is 6. The van der Waals surface area contributed by atoms with E-state index < -0.39 is 11.7 Å². The number of hydrogen-bond donors (Lipinski definition) is 6. The molecule has 0 aliphatic rings. The van der Waals surface area contributed by atoms with Crippen LogP contribution in [-0.4, -0.2) is 59.6 Å². The first-order chi connectivity index (χ1) is 45.4. The number of methoxy groups -OCH3 is 1. The number of alkyl halides is 3. The van der Waals surface area contributed by atoms with Crippen LogP contribution in [0, 0.1) is 5.82 Å². The van der Waals surface area contributed by atoms with Gasteiger partial charge in [-0.15, -0.1) is 0 Å². The van der Waals surface area contributed by atoms with Crippen LogP contribution >= 0.6 is 11.6 Å². The Hall–Kier alpha value is -7.49. The number of rotatable bonds is 31. The number of ether oxygens (including phenoxy) is 3. The lowest BCUT2D eigenvalue weighted by atomic mass is 10.0. The van der Waals surface area contributed by atoms with Gasteiger partial charge >= 0.3 is 6.18 Å². The summed E-state index contributed by atoms with van der Waals surface area (Å²) in [5.74, 6) is 2.33. The predicted octanol–water partition coefficient (Wildman–Crippen LogP) is 21.8. The molecule has 0 atom stereocenters. The SMILES string of the molecule is C.C.C.C.C.C.CCCCOc1ccc(CCC(=CF)CN)cc1.CCOc1ccc(CCC(=CF)CN)cc1.COc1ccc(CCC(=CF)CN)cc1.NCC(=CF)CCc1ccc(C(F)(F)F)cc1.NCC(=CF)CCc1ccc(Cl)cc1.NCC(=CF)CCc1cccc(F)c1. The quantitative estimate of drug-likeness (QED) is 0.0182. The Kier molecular flexibility index (Phi) is 67.1. The Bertz CT molecular complexity index is 3110. The average molecular weight is 1440 g/mol. The molecule has 6 aromatic rings. The van der Waals surface area contributed by atoms with Gasteiger partial charge in [-0.1, -0.05) is 142 Å². The number of halogens is 11. The van der Waals surface area contributed by atoms with Gasteiger partial charge in [0.1, 0.15) is 23.1 Å². The number of benzene rings is 6. The van der Waals surface area contributed by atoms with E-state index in [0.29, 0.717) is 134 Å². The molecule has 564 valence electrons. The molecule has 0 bridgehead atoms. The van der Waals surface area contributed by atoms with Crippen molar-refractivity contribution in [1.29, 1.82) is 0 Å². The molecule has 0 unspecified atom stereocenters. The van der Waals surface area contributed by atoms with E-state index >= 15 is 0 Å². The van der Waals surface area contributed by atoms with Gasteiger partial charge in [-0.3, -0.25) is 0 Å². The Morgan fingerprint density at radius 1 is 0.390 bits per heavy atom. The van der Waals surface area contributed by atoms with Crippen LogP contribution in [0.25, 0.3) is 0 Å². The minimum Gasteiger partial charge on any atom is -0.497 e. The first-order valence-electron chi connectivity index (χ1n) is 31.0. The third-order valence-corrected chi connectivity index (χ3v) is 14.3. The van der Waals surface area contributed by atoms with E-state index in [4.69, 9.17) is 60.2 Å². The summed E-state index contributed by atoms with van der Waals surface area (Å²) in [4.78, 5) is 0. The lowest BCUT2D eigenvalue weighted by molar-refractivity contribution is -0.137. The minimum absolute atomic E-state index is 0. The first kappa shape index (κ1) is 104. The lowest BCUT2D eigenvalue weighted by Gasteiger charge is -2.08. The van der Waals surface area contributed by atoms with Gasteiger partial charge in [0.15, 0.2) is 0 Å². The summed E-state index contributed by atoms with van der Waals surface area (Å²) in [6.45, 7) is 6.99. The number of hydrogen-bond acceptors (Lipinski definition) is 9. The summed E-state index contributed by atoms with van der Waals surface area (Å²) in [5.41, 5.74) is 41.2. The lowest BCUT2D eigenvalue weighted by Crippen LogP contribution is -2.05. The van der Waals surface area contributed by atoms with E-state index in [1.165, 1.54) is 29.8 Å². The zero-order valence-electron chi connectivity index (χ0n) is 54.2. The summed E-state index contributed by atoms with van der Waals surface area (Å²) < 4.78 is 139. The molecule has 6 aromatic carbocycles. The molecule has 9 nitrogen and oxygen atoms in total. The van der Waals surface area contributed by atoms with Crippen molar-refractivity contribution < 1.29 is 58.1 Å². The van der Waals surface area contributed by atoms with E-state index in [1.807, 2.05) is 110 Å². The molecule has 100 heavy (non-hydrogen) atoms. The van der Waals surface area contributed by atoms with Crippen LogP contribution in [0.5, 0.6) is 17.2 Å². The van der Waals surface area contributed by atoms with E-state index in [-0.39, 0.29) is 89.6 Å². The maximum absolute atomic E-state index is 12.7. The highest BCUT2D eigenvalue weighted by Crippen LogP contribution is 2.29. The fraction of sp³-hybridized carbons (Fsp3) is 0.400. The second-order valence-electron chi connectivity index (χ2n) is 21.1. The van der Waals surface area contributed by atoms with Crippen molar-refractivity contribution in [3.63, 3.8) is 0 Å². The molecule has 0 fully saturated rings. The standard InChI is InChI=1S/C15H22FNO.C13H18FNO.C12H13F4N.C12H16FNO.C11H13ClFN.C11H13F2N.6CH4/c1-2-3-10-18-15-8-6-13(7-9-15)4-5-14(11-16)12-17;1-2-16-13-7-5-11(6-8-13)3-4-12(9-14)10-15;13-7-10(8-17)2-1-9-3-5-11(6-4-9)12(14,15)16;1-15-12-6-4-10(5-7-12)2-3-11(8-13)9-14;12-11-5-3-9(4-6-11)1-2-10(7-13)8-14;12-7-10(8-14)5-4-9-2-1-3-11(13)6-9;;;;;;/h6-9,11H,2-5,10,12,17H2,1H3;5-9H,2-4,10,15H2,1H3;3-7H,1-2,8,17H2;4-8H,2-3,9,14H2,1H3;3-7H,1-2,8,14H2;1-3,6-7H,4-5,8,14H2;6*1H4. The van der Waals surface area contributed by atoms with Crippen LogP contribution < -0.4 is 48.6 Å². The van der Waals surface area contributed by atoms with Crippen molar-refractivity contribution in [2.75, 3.05) is 59.6 Å². The monoisotopic (exact) mass is 1440 g/mol. The Balaban J connectivity index is -0.000000262. The van der Waals surface area contributed by atoms with Crippen molar-refractivity contribution in [3.05, 3.63) is 267 Å². The van der Waals surface area contributed by atoms with Crippen LogP contribution in [0.3, 0.4) is 0 Å². The fourth-order valence-electron chi connectivity index (χ4n) is 8.04. The van der Waals surface area contributed by atoms with Gasteiger partial charge in [0.25, 0.3) is 0 Å². The average Bonchev–Trinajstić information content (AvgIpc) is 0.868. The largest absolute Gasteiger partial charge is 0.497 e. The van der Waals surface area contributed by atoms with Crippen LogP contribution in [0.15, 0.2) is 217 Å². The predicted molar refractivity (Wildman–Crippen MR) is 407 cm³/mol. The molecule has 0 saturated heterocycles. The molecule has 0 radical (unpaired) electrons. The third-order valence-electron chi connectivity index (χ3n) is 14.1. The number of unbranched alkanes of at least 4 members (excludes halogenated alkanes) is 1. The molecular weight excluding hydrogens is 1320 g/mol. The van der Waals surface area contributed by atoms with Gasteiger partial charge in [0.2, 0.25) is 0 Å². The Morgan fingerprint density at radius 3 is 0.930 bits per heavy atom. The number of aryl methyl sites for hydroxylation is 6. The van der Waals surface area contributed by atoms with Gasteiger partial charge < -0.3 is 48.6 Å². The van der Waals surface area contributed by atoms with Crippen LogP contribution in [0.4, 0.5) is 43.9 Å². The maximum Gasteiger partial charge on any atom is 0.416 e. The van der Waals surface area contributed by atoms with Gasteiger partial charge in [-0.2, -0.15) is 13.2 Å². The Morgan fingerprint density at radius 2 is 0.670 bits per heavy atom. The molecule has 0 aliphatic heterocycles. The van der Waals surface area contributed by atoms with Crippen molar-refractivity contribution in [2.24, 2.45) is 34.4 Å². The van der Waals surface area contributed by atoms with Crippen LogP contribution in [0.1, 0.15) is 149 Å². The van der Waals surface area contributed by atoms with Gasteiger partial charge in [-0.25, -0.2) is 30.7 Å². The fourth-order valence-corrected chi connectivity index (χ4v) is 8.16. The highest BCUT2D eigenvalue weighted by atomic mass is 35.5. The molecule has 0 saturated carbocycles. The molecule has 0 heterocycles. The molecule has 0 aromatic heterocycles. The summed E-state index contributed by atoms with van der Waals surface area (Å²) >= 11 is 5.74. The summed E-state index contributed by atoms with van der Waals surface area (Å²) in [6.07, 6.45) is 9.20. The molecule has 0 amide bonds. The highest BCUT2D eigenvalue weighted by Gasteiger charge is 2.30. The van der Waals surface area contributed by atoms with Gasteiger partial charge in [0, 0.05) is 44.3 Å². The van der Waals surface area contributed by atoms with Gasteiger partial charge in [-0.05, 0) is 230 Å². The molecule has 0 spiro atoms. The molecular formula is C80H119ClF10N6O3. The van der Waals surface area contributed by atoms with E-state index in [1.54, 1.807) is 13.2 Å². The molecule has 6 rings (SSSR count). The van der Waals surface area contributed by atoms with Crippen molar-refractivity contribution in [1.82, 2.24) is 0 Å². The van der Waals surface area contributed by atoms with Crippen molar-refractivity contribution in [2.45, 2.75) is 154 Å². The third kappa shape index (κ3) is 48.3. The Labute approximate surface area is 599 Å².